The maximum absolute atomic E-state index is 12.3. The number of amides is 3. The number of hydrogen-bond donors (Lipinski definition) is 4. The SMILES string of the molecule is COc1cc(Cl)c(C)cc1NC(=O)Nc1ccc(-n2cnc(C(N)=O)c2N)cc1. The number of nitrogens with two attached hydrogens (primary N) is 2. The number of benzene rings is 2. The quantitative estimate of drug-likeness (QED) is 0.508. The number of anilines is 3. The Morgan fingerprint density at radius 3 is 2.45 bits per heavy atom. The number of nitrogens with one attached hydrogen (secondary N) is 2. The summed E-state index contributed by atoms with van der Waals surface area (Å²) in [7, 11) is 1.49. The van der Waals surface area contributed by atoms with E-state index in [0.29, 0.717) is 27.8 Å². The molecular weight excluding hydrogens is 396 g/mol. The fourth-order valence-corrected chi connectivity index (χ4v) is 2.83. The Bertz CT molecular complexity index is 1080. The fraction of sp³-hybridized carbons (Fsp3) is 0.105. The van der Waals surface area contributed by atoms with Gasteiger partial charge in [0.05, 0.1) is 12.8 Å². The first-order valence-corrected chi connectivity index (χ1v) is 8.83. The van der Waals surface area contributed by atoms with Crippen molar-refractivity contribution in [3.63, 3.8) is 0 Å². The third-order valence-electron chi connectivity index (χ3n) is 4.17. The molecule has 1 heterocycles. The van der Waals surface area contributed by atoms with Gasteiger partial charge in [0.15, 0.2) is 5.69 Å². The van der Waals surface area contributed by atoms with Crippen molar-refractivity contribution in [2.24, 2.45) is 5.73 Å². The van der Waals surface area contributed by atoms with E-state index in [-0.39, 0.29) is 11.5 Å². The van der Waals surface area contributed by atoms with Crippen LogP contribution in [0.3, 0.4) is 0 Å². The molecule has 2 aromatic carbocycles. The number of methoxy groups -OCH3 is 1. The summed E-state index contributed by atoms with van der Waals surface area (Å²) in [4.78, 5) is 27.5. The number of carbonyl (C=O) groups is 2. The zero-order valence-corrected chi connectivity index (χ0v) is 16.4. The zero-order valence-electron chi connectivity index (χ0n) is 15.7. The van der Waals surface area contributed by atoms with Crippen molar-refractivity contribution in [2.45, 2.75) is 6.92 Å². The summed E-state index contributed by atoms with van der Waals surface area (Å²) in [5.41, 5.74) is 13.6. The second-order valence-corrected chi connectivity index (χ2v) is 6.55. The van der Waals surface area contributed by atoms with Crippen LogP contribution in [-0.2, 0) is 0 Å². The molecule has 1 aromatic heterocycles. The van der Waals surface area contributed by atoms with E-state index in [1.807, 2.05) is 6.92 Å². The summed E-state index contributed by atoms with van der Waals surface area (Å²) in [6.45, 7) is 1.83. The first kappa shape index (κ1) is 20.0. The Labute approximate surface area is 171 Å². The van der Waals surface area contributed by atoms with Gasteiger partial charge in [0.2, 0.25) is 0 Å². The molecule has 0 saturated heterocycles. The van der Waals surface area contributed by atoms with Crippen molar-refractivity contribution in [3.05, 3.63) is 59.0 Å². The molecule has 3 rings (SSSR count). The molecule has 0 fully saturated rings. The first-order valence-electron chi connectivity index (χ1n) is 8.45. The topological polar surface area (TPSA) is 137 Å². The number of aryl methyl sites for hydroxylation is 1. The number of nitrogens with zero attached hydrogens (tertiary/aromatic N) is 2. The Morgan fingerprint density at radius 1 is 1.17 bits per heavy atom. The molecule has 0 aliphatic carbocycles. The standard InChI is InChI=1S/C19H19ClN6O3/c1-10-7-14(15(29-2)8-13(10)20)25-19(28)24-11-3-5-12(6-4-11)26-9-23-16(17(26)21)18(22)27/h3-9H,21H2,1-2H3,(H2,22,27)(H2,24,25,28). The Kier molecular flexibility index (Phi) is 5.60. The number of urea groups is 1. The third kappa shape index (κ3) is 4.25. The largest absolute Gasteiger partial charge is 0.495 e. The van der Waals surface area contributed by atoms with Gasteiger partial charge in [-0.15, -0.1) is 0 Å². The van der Waals surface area contributed by atoms with Crippen LogP contribution in [0.1, 0.15) is 16.1 Å². The molecule has 0 bridgehead atoms. The van der Waals surface area contributed by atoms with E-state index in [1.54, 1.807) is 36.4 Å². The minimum absolute atomic E-state index is 0.00113. The van der Waals surface area contributed by atoms with Crippen LogP contribution >= 0.6 is 11.6 Å². The van der Waals surface area contributed by atoms with Crippen molar-refractivity contribution in [3.8, 4) is 11.4 Å². The van der Waals surface area contributed by atoms with Crippen molar-refractivity contribution in [1.29, 1.82) is 0 Å². The van der Waals surface area contributed by atoms with Crippen LogP contribution in [-0.4, -0.2) is 28.6 Å². The van der Waals surface area contributed by atoms with Gasteiger partial charge in [-0.25, -0.2) is 9.78 Å². The number of ether oxygens (including phenoxy) is 1. The van der Waals surface area contributed by atoms with E-state index < -0.39 is 11.9 Å². The van der Waals surface area contributed by atoms with Crippen LogP contribution in [0.25, 0.3) is 5.69 Å². The molecule has 10 heteroatoms. The monoisotopic (exact) mass is 414 g/mol. The van der Waals surface area contributed by atoms with Gasteiger partial charge >= 0.3 is 6.03 Å². The average Bonchev–Trinajstić information content (AvgIpc) is 3.06. The van der Waals surface area contributed by atoms with Crippen LogP contribution in [0.2, 0.25) is 5.02 Å². The highest BCUT2D eigenvalue weighted by Crippen LogP contribution is 2.31. The molecule has 0 radical (unpaired) electrons. The van der Waals surface area contributed by atoms with E-state index in [4.69, 9.17) is 27.8 Å². The molecule has 3 aromatic rings. The second kappa shape index (κ2) is 8.11. The van der Waals surface area contributed by atoms with Gasteiger partial charge in [0, 0.05) is 22.5 Å². The Morgan fingerprint density at radius 2 is 1.86 bits per heavy atom. The summed E-state index contributed by atoms with van der Waals surface area (Å²) >= 11 is 6.08. The average molecular weight is 415 g/mol. The summed E-state index contributed by atoms with van der Waals surface area (Å²) in [5.74, 6) is -0.114. The van der Waals surface area contributed by atoms with Crippen LogP contribution in [0.15, 0.2) is 42.7 Å². The van der Waals surface area contributed by atoms with Gasteiger partial charge in [-0.05, 0) is 42.8 Å². The number of imidazole rings is 1. The van der Waals surface area contributed by atoms with Crippen LogP contribution < -0.4 is 26.8 Å². The van der Waals surface area contributed by atoms with Gasteiger partial charge < -0.3 is 26.8 Å². The molecule has 0 saturated carbocycles. The van der Waals surface area contributed by atoms with Crippen LogP contribution in [0.5, 0.6) is 5.75 Å². The fourth-order valence-electron chi connectivity index (χ4n) is 2.67. The summed E-state index contributed by atoms with van der Waals surface area (Å²) in [6, 6.07) is 9.71. The lowest BCUT2D eigenvalue weighted by Crippen LogP contribution is -2.20. The molecule has 0 spiro atoms. The third-order valence-corrected chi connectivity index (χ3v) is 4.58. The molecule has 9 nitrogen and oxygen atoms in total. The van der Waals surface area contributed by atoms with Crippen molar-refractivity contribution >= 4 is 40.7 Å². The lowest BCUT2D eigenvalue weighted by atomic mass is 10.2. The maximum atomic E-state index is 12.3. The predicted molar refractivity (Wildman–Crippen MR) is 112 cm³/mol. The predicted octanol–water partition coefficient (Wildman–Crippen LogP) is 3.17. The number of primary amides is 1. The lowest BCUT2D eigenvalue weighted by Gasteiger charge is -2.13. The van der Waals surface area contributed by atoms with Gasteiger partial charge in [-0.1, -0.05) is 11.6 Å². The smallest absolute Gasteiger partial charge is 0.323 e. The molecule has 0 aliphatic rings. The van der Waals surface area contributed by atoms with Gasteiger partial charge in [-0.3, -0.25) is 9.36 Å². The molecule has 0 aliphatic heterocycles. The minimum atomic E-state index is -0.705. The highest BCUT2D eigenvalue weighted by molar-refractivity contribution is 6.31. The summed E-state index contributed by atoms with van der Waals surface area (Å²) in [5, 5.41) is 6.00. The normalized spacial score (nSPS) is 10.4. The van der Waals surface area contributed by atoms with E-state index in [2.05, 4.69) is 15.6 Å². The highest BCUT2D eigenvalue weighted by atomic mass is 35.5. The van der Waals surface area contributed by atoms with Crippen molar-refractivity contribution in [2.75, 3.05) is 23.5 Å². The van der Waals surface area contributed by atoms with Crippen LogP contribution in [0, 0.1) is 6.92 Å². The van der Waals surface area contributed by atoms with Crippen LogP contribution in [0.4, 0.5) is 22.0 Å². The van der Waals surface area contributed by atoms with E-state index in [1.165, 1.54) is 18.0 Å². The number of aromatic nitrogens is 2. The molecule has 29 heavy (non-hydrogen) atoms. The van der Waals surface area contributed by atoms with Gasteiger partial charge in [0.25, 0.3) is 5.91 Å². The van der Waals surface area contributed by atoms with Gasteiger partial charge in [-0.2, -0.15) is 0 Å². The van der Waals surface area contributed by atoms with Crippen molar-refractivity contribution in [1.82, 2.24) is 9.55 Å². The molecule has 6 N–H and O–H groups in total. The van der Waals surface area contributed by atoms with Gasteiger partial charge in [0.1, 0.15) is 17.9 Å². The number of nitrogen functional groups attached to an aromatic ring is 1. The molecular formula is C19H19ClN6O3. The maximum Gasteiger partial charge on any atom is 0.323 e. The van der Waals surface area contributed by atoms with E-state index >= 15 is 0 Å². The minimum Gasteiger partial charge on any atom is -0.495 e. The van der Waals surface area contributed by atoms with Crippen molar-refractivity contribution < 1.29 is 14.3 Å². The molecule has 3 amide bonds. The van der Waals surface area contributed by atoms with E-state index in [0.717, 1.165) is 5.56 Å². The zero-order chi connectivity index (χ0) is 21.1. The molecule has 150 valence electrons. The summed E-state index contributed by atoms with van der Waals surface area (Å²) in [6.07, 6.45) is 1.40. The Hall–Kier alpha value is -3.72. The second-order valence-electron chi connectivity index (χ2n) is 6.14. The number of hydrogen-bond acceptors (Lipinski definition) is 5. The summed E-state index contributed by atoms with van der Waals surface area (Å²) < 4.78 is 6.77. The lowest BCUT2D eigenvalue weighted by molar-refractivity contribution is 0.0997. The van der Waals surface area contributed by atoms with E-state index in [9.17, 15) is 9.59 Å². The molecule has 0 atom stereocenters. The Balaban J connectivity index is 1.73. The highest BCUT2D eigenvalue weighted by Gasteiger charge is 2.14. The first-order chi connectivity index (χ1) is 13.8. The number of halogens is 1. The molecule has 0 unspecified atom stereocenters. The number of rotatable bonds is 5. The number of carbonyl (C=O) groups excluding carboxylic acids is 2.